The molecule has 1 aromatic rings. The molecule has 19 heavy (non-hydrogen) atoms. The number of piperidine rings is 1. The molecule has 1 aromatic carbocycles. The van der Waals surface area contributed by atoms with Gasteiger partial charge in [0.15, 0.2) is 0 Å². The highest BCUT2D eigenvalue weighted by atomic mass is 16.3. The minimum Gasteiger partial charge on any atom is -0.507 e. The number of phenolic OH excluding ortho intramolecular Hbond substituents is 1. The maximum atomic E-state index is 12.1. The van der Waals surface area contributed by atoms with Gasteiger partial charge in [-0.05, 0) is 50.9 Å². The summed E-state index contributed by atoms with van der Waals surface area (Å²) >= 11 is 0. The Balaban J connectivity index is 1.92. The number of benzene rings is 1. The first-order valence-corrected chi connectivity index (χ1v) is 6.83. The van der Waals surface area contributed by atoms with Gasteiger partial charge in [-0.25, -0.2) is 0 Å². The van der Waals surface area contributed by atoms with Gasteiger partial charge in [0.2, 0.25) is 0 Å². The fourth-order valence-electron chi connectivity index (χ4n) is 2.61. The van der Waals surface area contributed by atoms with E-state index in [9.17, 15) is 9.90 Å². The van der Waals surface area contributed by atoms with Gasteiger partial charge >= 0.3 is 0 Å². The molecule has 0 bridgehead atoms. The summed E-state index contributed by atoms with van der Waals surface area (Å²) in [7, 11) is 2.11. The van der Waals surface area contributed by atoms with Crippen molar-refractivity contribution in [3.8, 4) is 5.75 Å². The van der Waals surface area contributed by atoms with Gasteiger partial charge in [-0.15, -0.1) is 0 Å². The first-order valence-electron chi connectivity index (χ1n) is 6.83. The Kier molecular flexibility index (Phi) is 4.43. The van der Waals surface area contributed by atoms with E-state index < -0.39 is 0 Å². The standard InChI is InChI=1S/C15H22N2O2/c1-11-5-3-7-13(14(11)18)15(19)16-9-12-6-4-8-17(2)10-12/h3,5,7,12,18H,4,6,8-10H2,1-2H3,(H,16,19). The number of para-hydroxylation sites is 1. The molecule has 1 aliphatic heterocycles. The van der Waals surface area contributed by atoms with E-state index in [0.29, 0.717) is 18.0 Å². The van der Waals surface area contributed by atoms with Crippen molar-refractivity contribution < 1.29 is 9.90 Å². The van der Waals surface area contributed by atoms with Gasteiger partial charge < -0.3 is 15.3 Å². The van der Waals surface area contributed by atoms with Crippen molar-refractivity contribution >= 4 is 5.91 Å². The number of carbonyl (C=O) groups is 1. The number of aromatic hydroxyl groups is 1. The summed E-state index contributed by atoms with van der Waals surface area (Å²) in [4.78, 5) is 14.4. The maximum Gasteiger partial charge on any atom is 0.255 e. The number of rotatable bonds is 3. The molecule has 1 unspecified atom stereocenters. The number of likely N-dealkylation sites (tertiary alicyclic amines) is 1. The molecule has 0 aromatic heterocycles. The maximum absolute atomic E-state index is 12.1. The zero-order chi connectivity index (χ0) is 13.8. The molecule has 1 heterocycles. The first-order chi connectivity index (χ1) is 9.08. The normalized spacial score (nSPS) is 20.2. The van der Waals surface area contributed by atoms with Crippen LogP contribution in [0.4, 0.5) is 0 Å². The third kappa shape index (κ3) is 3.47. The van der Waals surface area contributed by atoms with E-state index in [1.54, 1.807) is 25.1 Å². The van der Waals surface area contributed by atoms with Gasteiger partial charge in [-0.3, -0.25) is 4.79 Å². The molecule has 4 heteroatoms. The highest BCUT2D eigenvalue weighted by Gasteiger charge is 2.19. The summed E-state index contributed by atoms with van der Waals surface area (Å²) in [6, 6.07) is 5.24. The topological polar surface area (TPSA) is 52.6 Å². The second kappa shape index (κ2) is 6.06. The van der Waals surface area contributed by atoms with E-state index in [4.69, 9.17) is 0 Å². The third-order valence-electron chi connectivity index (χ3n) is 3.76. The molecular weight excluding hydrogens is 240 g/mol. The lowest BCUT2D eigenvalue weighted by atomic mass is 9.98. The van der Waals surface area contributed by atoms with E-state index in [1.165, 1.54) is 6.42 Å². The van der Waals surface area contributed by atoms with Crippen molar-refractivity contribution in [1.82, 2.24) is 10.2 Å². The SMILES string of the molecule is Cc1cccc(C(=O)NCC2CCCN(C)C2)c1O. The highest BCUT2D eigenvalue weighted by molar-refractivity contribution is 5.97. The monoisotopic (exact) mass is 262 g/mol. The minimum atomic E-state index is -0.186. The van der Waals surface area contributed by atoms with Crippen molar-refractivity contribution in [1.29, 1.82) is 0 Å². The molecule has 2 rings (SSSR count). The van der Waals surface area contributed by atoms with E-state index >= 15 is 0 Å². The quantitative estimate of drug-likeness (QED) is 0.873. The molecule has 0 spiro atoms. The van der Waals surface area contributed by atoms with Crippen LogP contribution in [0.3, 0.4) is 0 Å². The summed E-state index contributed by atoms with van der Waals surface area (Å²) in [6.07, 6.45) is 2.34. The minimum absolute atomic E-state index is 0.0840. The van der Waals surface area contributed by atoms with Crippen LogP contribution in [0.25, 0.3) is 0 Å². The molecule has 104 valence electrons. The average Bonchev–Trinajstić information content (AvgIpc) is 2.39. The van der Waals surface area contributed by atoms with Crippen LogP contribution in [0.15, 0.2) is 18.2 Å². The summed E-state index contributed by atoms with van der Waals surface area (Å²) in [5.74, 6) is 0.407. The lowest BCUT2D eigenvalue weighted by Gasteiger charge is -2.29. The van der Waals surface area contributed by atoms with Crippen molar-refractivity contribution in [3.63, 3.8) is 0 Å². The van der Waals surface area contributed by atoms with Crippen LogP contribution in [-0.2, 0) is 0 Å². The molecule has 0 aliphatic carbocycles. The Morgan fingerprint density at radius 1 is 1.53 bits per heavy atom. The van der Waals surface area contributed by atoms with Crippen molar-refractivity contribution in [3.05, 3.63) is 29.3 Å². The number of hydrogen-bond acceptors (Lipinski definition) is 3. The molecule has 1 aliphatic rings. The van der Waals surface area contributed by atoms with Crippen LogP contribution in [0.5, 0.6) is 5.75 Å². The summed E-state index contributed by atoms with van der Waals surface area (Å²) in [5, 5.41) is 12.8. The largest absolute Gasteiger partial charge is 0.507 e. The predicted molar refractivity (Wildman–Crippen MR) is 75.4 cm³/mol. The van der Waals surface area contributed by atoms with Gasteiger partial charge in [-0.2, -0.15) is 0 Å². The molecule has 2 N–H and O–H groups in total. The lowest BCUT2D eigenvalue weighted by Crippen LogP contribution is -2.39. The molecule has 1 amide bonds. The highest BCUT2D eigenvalue weighted by Crippen LogP contribution is 2.21. The van der Waals surface area contributed by atoms with Gasteiger partial charge in [0.1, 0.15) is 5.75 Å². The number of amides is 1. The first kappa shape index (κ1) is 13.9. The Labute approximate surface area is 114 Å². The van der Waals surface area contributed by atoms with Gasteiger partial charge in [-0.1, -0.05) is 12.1 Å². The molecule has 1 saturated heterocycles. The van der Waals surface area contributed by atoms with Gasteiger partial charge in [0, 0.05) is 13.1 Å². The Hall–Kier alpha value is -1.55. The molecular formula is C15H22N2O2. The number of nitrogens with one attached hydrogen (secondary N) is 1. The van der Waals surface area contributed by atoms with Gasteiger partial charge in [0.05, 0.1) is 5.56 Å². The molecule has 0 radical (unpaired) electrons. The number of carbonyl (C=O) groups excluding carboxylic acids is 1. The van der Waals surface area contributed by atoms with Crippen LogP contribution in [0, 0.1) is 12.8 Å². The van der Waals surface area contributed by atoms with Crippen LogP contribution in [0.1, 0.15) is 28.8 Å². The van der Waals surface area contributed by atoms with E-state index in [2.05, 4.69) is 17.3 Å². The Bertz CT molecular complexity index is 459. The number of nitrogens with zero attached hydrogens (tertiary/aromatic N) is 1. The third-order valence-corrected chi connectivity index (χ3v) is 3.76. The van der Waals surface area contributed by atoms with Crippen LogP contribution >= 0.6 is 0 Å². The lowest BCUT2D eigenvalue weighted by molar-refractivity contribution is 0.0934. The van der Waals surface area contributed by atoms with Crippen molar-refractivity contribution in [2.24, 2.45) is 5.92 Å². The number of phenols is 1. The fourth-order valence-corrected chi connectivity index (χ4v) is 2.61. The second-order valence-corrected chi connectivity index (χ2v) is 5.45. The van der Waals surface area contributed by atoms with Crippen LogP contribution < -0.4 is 5.32 Å². The fraction of sp³-hybridized carbons (Fsp3) is 0.533. The summed E-state index contributed by atoms with van der Waals surface area (Å²) in [5.41, 5.74) is 1.09. The van der Waals surface area contributed by atoms with Crippen LogP contribution in [0.2, 0.25) is 0 Å². The van der Waals surface area contributed by atoms with E-state index in [-0.39, 0.29) is 11.7 Å². The summed E-state index contributed by atoms with van der Waals surface area (Å²) < 4.78 is 0. The Morgan fingerprint density at radius 2 is 2.32 bits per heavy atom. The number of aryl methyl sites for hydroxylation is 1. The van der Waals surface area contributed by atoms with Crippen molar-refractivity contribution in [2.75, 3.05) is 26.7 Å². The van der Waals surface area contributed by atoms with Gasteiger partial charge in [0.25, 0.3) is 5.91 Å². The smallest absolute Gasteiger partial charge is 0.255 e. The second-order valence-electron chi connectivity index (χ2n) is 5.45. The summed E-state index contributed by atoms with van der Waals surface area (Å²) in [6.45, 7) is 4.64. The number of hydrogen-bond donors (Lipinski definition) is 2. The zero-order valence-electron chi connectivity index (χ0n) is 11.6. The predicted octanol–water partition coefficient (Wildman–Crippen LogP) is 1.77. The molecule has 4 nitrogen and oxygen atoms in total. The van der Waals surface area contributed by atoms with Crippen LogP contribution in [-0.4, -0.2) is 42.6 Å². The molecule has 0 saturated carbocycles. The average molecular weight is 262 g/mol. The zero-order valence-corrected chi connectivity index (χ0v) is 11.6. The van der Waals surface area contributed by atoms with E-state index in [1.807, 2.05) is 0 Å². The van der Waals surface area contributed by atoms with Crippen molar-refractivity contribution in [2.45, 2.75) is 19.8 Å². The molecule has 1 fully saturated rings. The Morgan fingerprint density at radius 3 is 3.05 bits per heavy atom. The molecule has 1 atom stereocenters. The van der Waals surface area contributed by atoms with E-state index in [0.717, 1.165) is 25.1 Å².